The van der Waals surface area contributed by atoms with Gasteiger partial charge in [0.15, 0.2) is 6.10 Å². The molecule has 1 aliphatic heterocycles. The van der Waals surface area contributed by atoms with Gasteiger partial charge in [-0.05, 0) is 6.07 Å². The Morgan fingerprint density at radius 3 is 2.31 bits per heavy atom. The number of carbonyl (C=O) groups is 3. The molecule has 26 heavy (non-hydrogen) atoms. The monoisotopic (exact) mass is 366 g/mol. The van der Waals surface area contributed by atoms with Crippen molar-refractivity contribution >= 4 is 17.9 Å². The third kappa shape index (κ3) is 5.19. The number of esters is 3. The molecule has 0 saturated carbocycles. The first kappa shape index (κ1) is 19.7. The molecule has 2 rings (SSSR count). The van der Waals surface area contributed by atoms with Crippen LogP contribution in [0, 0.1) is 0 Å². The van der Waals surface area contributed by atoms with Crippen molar-refractivity contribution in [3.8, 4) is 5.75 Å². The molecule has 1 fully saturated rings. The summed E-state index contributed by atoms with van der Waals surface area (Å²) in [6.07, 6.45) is -3.06. The van der Waals surface area contributed by atoms with Crippen LogP contribution in [-0.4, -0.2) is 47.9 Å². The summed E-state index contributed by atoms with van der Waals surface area (Å²) in [6.45, 7) is 3.53. The molecule has 1 unspecified atom stereocenters. The molecule has 1 N–H and O–H groups in total. The molecule has 1 aliphatic rings. The van der Waals surface area contributed by atoms with Gasteiger partial charge >= 0.3 is 17.9 Å². The summed E-state index contributed by atoms with van der Waals surface area (Å²) in [4.78, 5) is 34.1. The van der Waals surface area contributed by atoms with E-state index in [1.807, 2.05) is 0 Å². The second-order valence-electron chi connectivity index (χ2n) is 5.98. The van der Waals surface area contributed by atoms with Crippen molar-refractivity contribution in [2.75, 3.05) is 6.61 Å². The van der Waals surface area contributed by atoms with E-state index in [2.05, 4.69) is 0 Å². The van der Waals surface area contributed by atoms with Gasteiger partial charge in [0.05, 0.1) is 6.10 Å². The van der Waals surface area contributed by atoms with Crippen LogP contribution in [0.3, 0.4) is 0 Å². The molecule has 0 amide bonds. The van der Waals surface area contributed by atoms with Crippen LogP contribution in [0.25, 0.3) is 0 Å². The predicted octanol–water partition coefficient (Wildman–Crippen LogP) is 1.65. The number of aromatic hydroxyl groups is 1. The van der Waals surface area contributed by atoms with Crippen molar-refractivity contribution in [1.29, 1.82) is 0 Å². The molecule has 8 nitrogen and oxygen atoms in total. The van der Waals surface area contributed by atoms with Gasteiger partial charge in [-0.2, -0.15) is 0 Å². The predicted molar refractivity (Wildman–Crippen MR) is 88.1 cm³/mol. The SMILES string of the molecule is CC(=O)OC[C@H]1OC(c2ccccc2O)C[C@@H](OC(C)=O)[C@@H]1OC(C)=O. The summed E-state index contributed by atoms with van der Waals surface area (Å²) in [5, 5.41) is 10.1. The molecule has 1 heterocycles. The normalized spacial score (nSPS) is 25.2. The van der Waals surface area contributed by atoms with E-state index in [0.29, 0.717) is 5.56 Å². The molecule has 1 aromatic rings. The molecule has 8 heteroatoms. The number of phenolic OH excluding ortho intramolecular Hbond substituents is 1. The minimum absolute atomic E-state index is 0.0243. The number of phenols is 1. The first-order valence-electron chi connectivity index (χ1n) is 8.19. The molecule has 0 bridgehead atoms. The van der Waals surface area contributed by atoms with E-state index in [9.17, 15) is 19.5 Å². The minimum atomic E-state index is -0.933. The van der Waals surface area contributed by atoms with Crippen LogP contribution in [0.4, 0.5) is 0 Å². The summed E-state index contributed by atoms with van der Waals surface area (Å²) >= 11 is 0. The number of ether oxygens (including phenoxy) is 4. The van der Waals surface area contributed by atoms with Crippen molar-refractivity contribution in [2.45, 2.75) is 51.6 Å². The maximum Gasteiger partial charge on any atom is 0.303 e. The first-order valence-corrected chi connectivity index (χ1v) is 8.19. The highest BCUT2D eigenvalue weighted by atomic mass is 16.6. The summed E-state index contributed by atoms with van der Waals surface area (Å²) in [5.41, 5.74) is 0.499. The number of hydrogen-bond acceptors (Lipinski definition) is 8. The lowest BCUT2D eigenvalue weighted by Crippen LogP contribution is -2.51. The zero-order chi connectivity index (χ0) is 19.3. The van der Waals surface area contributed by atoms with Crippen LogP contribution < -0.4 is 0 Å². The molecule has 4 atom stereocenters. The number of hydrogen-bond donors (Lipinski definition) is 1. The van der Waals surface area contributed by atoms with E-state index >= 15 is 0 Å². The van der Waals surface area contributed by atoms with Crippen molar-refractivity contribution in [1.82, 2.24) is 0 Å². The van der Waals surface area contributed by atoms with Crippen molar-refractivity contribution in [3.63, 3.8) is 0 Å². The van der Waals surface area contributed by atoms with Crippen molar-refractivity contribution in [3.05, 3.63) is 29.8 Å². The fraction of sp³-hybridized carbons (Fsp3) is 0.500. The van der Waals surface area contributed by atoms with Gasteiger partial charge in [-0.1, -0.05) is 18.2 Å². The van der Waals surface area contributed by atoms with Gasteiger partial charge in [0.2, 0.25) is 0 Å². The minimum Gasteiger partial charge on any atom is -0.508 e. The molecular weight excluding hydrogens is 344 g/mol. The van der Waals surface area contributed by atoms with Gasteiger partial charge < -0.3 is 24.1 Å². The molecule has 142 valence electrons. The quantitative estimate of drug-likeness (QED) is 0.619. The lowest BCUT2D eigenvalue weighted by atomic mass is 9.93. The highest BCUT2D eigenvalue weighted by molar-refractivity contribution is 5.67. The topological polar surface area (TPSA) is 108 Å². The Labute approximate surface area is 151 Å². The summed E-state index contributed by atoms with van der Waals surface area (Å²) in [6, 6.07) is 6.60. The average molecular weight is 366 g/mol. The summed E-state index contributed by atoms with van der Waals surface area (Å²) < 4.78 is 21.5. The van der Waals surface area contributed by atoms with E-state index in [1.165, 1.54) is 26.8 Å². The molecule has 1 saturated heterocycles. The fourth-order valence-corrected chi connectivity index (χ4v) is 2.89. The molecule has 0 spiro atoms. The largest absolute Gasteiger partial charge is 0.508 e. The fourth-order valence-electron chi connectivity index (χ4n) is 2.89. The highest BCUT2D eigenvalue weighted by Gasteiger charge is 2.44. The second kappa shape index (κ2) is 8.66. The van der Waals surface area contributed by atoms with Crippen LogP contribution in [0.1, 0.15) is 38.9 Å². The highest BCUT2D eigenvalue weighted by Crippen LogP contribution is 2.38. The lowest BCUT2D eigenvalue weighted by molar-refractivity contribution is -0.216. The van der Waals surface area contributed by atoms with Crippen LogP contribution >= 0.6 is 0 Å². The molecule has 0 aromatic heterocycles. The van der Waals surface area contributed by atoms with E-state index in [1.54, 1.807) is 18.2 Å². The number of benzene rings is 1. The standard InChI is InChI=1S/C18H22O8/c1-10(19)23-9-17-18(25-12(3)21)16(24-11(2)20)8-15(26-17)13-6-4-5-7-14(13)22/h4-7,15-18,22H,8-9H2,1-3H3/t15?,16-,17-,18+/m1/s1. The Bertz CT molecular complexity index is 671. The average Bonchev–Trinajstić information content (AvgIpc) is 2.54. The van der Waals surface area contributed by atoms with E-state index in [0.717, 1.165) is 0 Å². The Kier molecular flexibility index (Phi) is 6.57. The Morgan fingerprint density at radius 2 is 1.73 bits per heavy atom. The zero-order valence-corrected chi connectivity index (χ0v) is 14.8. The lowest BCUT2D eigenvalue weighted by Gasteiger charge is -2.40. The maximum atomic E-state index is 11.5. The molecule has 1 aromatic carbocycles. The molecule has 0 radical (unpaired) electrons. The number of rotatable bonds is 5. The van der Waals surface area contributed by atoms with E-state index in [-0.39, 0.29) is 18.8 Å². The van der Waals surface area contributed by atoms with Gasteiger partial charge in [0.1, 0.15) is 24.6 Å². The maximum absolute atomic E-state index is 11.5. The van der Waals surface area contributed by atoms with Crippen LogP contribution in [0.15, 0.2) is 24.3 Å². The van der Waals surface area contributed by atoms with Crippen molar-refractivity contribution in [2.24, 2.45) is 0 Å². The van der Waals surface area contributed by atoms with Gasteiger partial charge in [-0.3, -0.25) is 14.4 Å². The van der Waals surface area contributed by atoms with Crippen LogP contribution in [-0.2, 0) is 33.3 Å². The second-order valence-corrected chi connectivity index (χ2v) is 5.98. The summed E-state index contributed by atoms with van der Waals surface area (Å²) in [5.74, 6) is -1.62. The van der Waals surface area contributed by atoms with Gasteiger partial charge in [-0.15, -0.1) is 0 Å². The zero-order valence-electron chi connectivity index (χ0n) is 14.8. The third-order valence-electron chi connectivity index (χ3n) is 3.87. The summed E-state index contributed by atoms with van der Waals surface area (Å²) in [7, 11) is 0. The molecule has 0 aliphatic carbocycles. The van der Waals surface area contributed by atoms with Crippen LogP contribution in [0.5, 0.6) is 5.75 Å². The smallest absolute Gasteiger partial charge is 0.303 e. The number of carbonyl (C=O) groups excluding carboxylic acids is 3. The third-order valence-corrected chi connectivity index (χ3v) is 3.87. The first-order chi connectivity index (χ1) is 12.3. The Morgan fingerprint density at radius 1 is 1.08 bits per heavy atom. The van der Waals surface area contributed by atoms with Gasteiger partial charge in [0.25, 0.3) is 0 Å². The molecular formula is C18H22O8. The number of para-hydroxylation sites is 1. The Hall–Kier alpha value is -2.61. The van der Waals surface area contributed by atoms with Gasteiger partial charge in [-0.25, -0.2) is 0 Å². The van der Waals surface area contributed by atoms with Crippen LogP contribution in [0.2, 0.25) is 0 Å². The van der Waals surface area contributed by atoms with Crippen molar-refractivity contribution < 1.29 is 38.4 Å². The van der Waals surface area contributed by atoms with E-state index < -0.39 is 42.3 Å². The van der Waals surface area contributed by atoms with Gasteiger partial charge in [0, 0.05) is 32.8 Å². The Balaban J connectivity index is 2.31. The van der Waals surface area contributed by atoms with E-state index in [4.69, 9.17) is 18.9 Å².